The number of amides is 2. The first-order chi connectivity index (χ1) is 14.1. The van der Waals surface area contributed by atoms with Crippen molar-refractivity contribution in [3.8, 4) is 0 Å². The number of hydrogen-bond acceptors (Lipinski definition) is 3. The molecule has 6 heteroatoms. The molecule has 2 amide bonds. The van der Waals surface area contributed by atoms with Gasteiger partial charge in [-0.3, -0.25) is 14.5 Å². The summed E-state index contributed by atoms with van der Waals surface area (Å²) in [7, 11) is 0. The Hall–Kier alpha value is -1.95. The summed E-state index contributed by atoms with van der Waals surface area (Å²) in [6.07, 6.45) is 8.09. The first kappa shape index (κ1) is 20.3. The number of hydrogen-bond donors (Lipinski definition) is 0. The van der Waals surface area contributed by atoms with Crippen molar-refractivity contribution in [2.45, 2.75) is 51.0 Å². The zero-order valence-electron chi connectivity index (χ0n) is 17.2. The molecule has 1 aromatic carbocycles. The van der Waals surface area contributed by atoms with Crippen molar-refractivity contribution >= 4 is 11.8 Å². The lowest BCUT2D eigenvalue weighted by Gasteiger charge is -2.43. The van der Waals surface area contributed by atoms with E-state index in [-0.39, 0.29) is 17.5 Å². The molecular formula is C23H32FN3O2. The van der Waals surface area contributed by atoms with Crippen LogP contribution in [0, 0.1) is 11.7 Å². The Bertz CT molecular complexity index is 721. The quantitative estimate of drug-likeness (QED) is 0.779. The van der Waals surface area contributed by atoms with E-state index in [0.717, 1.165) is 38.8 Å². The fourth-order valence-corrected chi connectivity index (χ4v) is 5.24. The van der Waals surface area contributed by atoms with E-state index >= 15 is 0 Å². The van der Waals surface area contributed by atoms with Gasteiger partial charge in [-0.2, -0.15) is 0 Å². The van der Waals surface area contributed by atoms with Crippen molar-refractivity contribution in [2.24, 2.45) is 5.92 Å². The molecule has 0 spiro atoms. The summed E-state index contributed by atoms with van der Waals surface area (Å²) < 4.78 is 14.0. The fourth-order valence-electron chi connectivity index (χ4n) is 5.24. The zero-order chi connectivity index (χ0) is 20.2. The van der Waals surface area contributed by atoms with Crippen LogP contribution in [-0.4, -0.2) is 71.8 Å². The number of halogens is 1. The van der Waals surface area contributed by atoms with Crippen molar-refractivity contribution in [1.29, 1.82) is 0 Å². The normalized spacial score (nSPS) is 22.7. The highest BCUT2D eigenvalue weighted by molar-refractivity contribution is 5.94. The first-order valence-corrected chi connectivity index (χ1v) is 11.2. The SMILES string of the molecule is O=C(c1ccccc1F)N1CCN(C(C(=O)N2CCCCC2)C2CCCC2)CC1. The van der Waals surface area contributed by atoms with Gasteiger partial charge < -0.3 is 9.80 Å². The second-order valence-electron chi connectivity index (χ2n) is 8.68. The molecule has 4 rings (SSSR count). The summed E-state index contributed by atoms with van der Waals surface area (Å²) in [6, 6.07) is 6.12. The Morgan fingerprint density at radius 1 is 0.828 bits per heavy atom. The summed E-state index contributed by atoms with van der Waals surface area (Å²) in [5, 5.41) is 0. The van der Waals surface area contributed by atoms with Gasteiger partial charge in [-0.1, -0.05) is 25.0 Å². The average Bonchev–Trinajstić information content (AvgIpc) is 3.29. The number of carbonyl (C=O) groups is 2. The summed E-state index contributed by atoms with van der Waals surface area (Å²) >= 11 is 0. The molecule has 0 N–H and O–H groups in total. The minimum atomic E-state index is -0.468. The zero-order valence-corrected chi connectivity index (χ0v) is 17.2. The topological polar surface area (TPSA) is 43.9 Å². The van der Waals surface area contributed by atoms with Crippen LogP contribution in [0.25, 0.3) is 0 Å². The average molecular weight is 402 g/mol. The van der Waals surface area contributed by atoms with Gasteiger partial charge in [0.05, 0.1) is 11.6 Å². The molecule has 3 fully saturated rings. The molecule has 1 unspecified atom stereocenters. The largest absolute Gasteiger partial charge is 0.341 e. The minimum absolute atomic E-state index is 0.0543. The molecule has 0 radical (unpaired) electrons. The Kier molecular flexibility index (Phi) is 6.48. The van der Waals surface area contributed by atoms with E-state index in [2.05, 4.69) is 9.80 Å². The van der Waals surface area contributed by atoms with Gasteiger partial charge in [-0.05, 0) is 50.2 Å². The lowest BCUT2D eigenvalue weighted by molar-refractivity contribution is -0.140. The molecule has 2 saturated heterocycles. The molecule has 0 aromatic heterocycles. The maximum Gasteiger partial charge on any atom is 0.256 e. The number of piperazine rings is 1. The summed E-state index contributed by atoms with van der Waals surface area (Å²) in [5.74, 6) is 0.00953. The number of rotatable bonds is 4. The van der Waals surface area contributed by atoms with Gasteiger partial charge >= 0.3 is 0 Å². The van der Waals surface area contributed by atoms with Crippen LogP contribution in [0.1, 0.15) is 55.3 Å². The fraction of sp³-hybridized carbons (Fsp3) is 0.652. The smallest absolute Gasteiger partial charge is 0.256 e. The first-order valence-electron chi connectivity index (χ1n) is 11.2. The van der Waals surface area contributed by atoms with Gasteiger partial charge in [-0.25, -0.2) is 4.39 Å². The van der Waals surface area contributed by atoms with E-state index in [0.29, 0.717) is 38.0 Å². The van der Waals surface area contributed by atoms with Crippen LogP contribution in [0.15, 0.2) is 24.3 Å². The van der Waals surface area contributed by atoms with E-state index in [4.69, 9.17) is 0 Å². The maximum absolute atomic E-state index is 14.0. The molecule has 5 nitrogen and oxygen atoms in total. The van der Waals surface area contributed by atoms with Crippen LogP contribution < -0.4 is 0 Å². The molecule has 158 valence electrons. The number of likely N-dealkylation sites (tertiary alicyclic amines) is 1. The van der Waals surface area contributed by atoms with Crippen molar-refractivity contribution in [3.05, 3.63) is 35.6 Å². The van der Waals surface area contributed by atoms with Crippen molar-refractivity contribution in [3.63, 3.8) is 0 Å². The lowest BCUT2D eigenvalue weighted by Crippen LogP contribution is -2.59. The second kappa shape index (κ2) is 9.24. The van der Waals surface area contributed by atoms with Crippen LogP contribution in [0.3, 0.4) is 0 Å². The molecule has 0 bridgehead atoms. The molecule has 29 heavy (non-hydrogen) atoms. The van der Waals surface area contributed by atoms with E-state index < -0.39 is 5.82 Å². The van der Waals surface area contributed by atoms with Gasteiger partial charge in [0.2, 0.25) is 5.91 Å². The van der Waals surface area contributed by atoms with E-state index in [9.17, 15) is 14.0 Å². The second-order valence-corrected chi connectivity index (χ2v) is 8.68. The monoisotopic (exact) mass is 401 g/mol. The number of piperidine rings is 1. The lowest BCUT2D eigenvalue weighted by atomic mass is 9.93. The number of nitrogens with zero attached hydrogens (tertiary/aromatic N) is 3. The molecule has 2 aliphatic heterocycles. The van der Waals surface area contributed by atoms with Crippen LogP contribution in [0.4, 0.5) is 4.39 Å². The highest BCUT2D eigenvalue weighted by Crippen LogP contribution is 2.32. The van der Waals surface area contributed by atoms with Crippen molar-refractivity contribution in [1.82, 2.24) is 14.7 Å². The van der Waals surface area contributed by atoms with Gasteiger partial charge in [0, 0.05) is 39.3 Å². The Labute approximate surface area is 172 Å². The van der Waals surface area contributed by atoms with Crippen LogP contribution in [0.5, 0.6) is 0 Å². The van der Waals surface area contributed by atoms with Crippen LogP contribution >= 0.6 is 0 Å². The molecule has 1 aliphatic carbocycles. The third-order valence-electron chi connectivity index (χ3n) is 6.87. The highest BCUT2D eigenvalue weighted by atomic mass is 19.1. The van der Waals surface area contributed by atoms with E-state index in [1.807, 2.05) is 0 Å². The third-order valence-corrected chi connectivity index (χ3v) is 6.87. The Balaban J connectivity index is 1.43. The predicted octanol–water partition coefficient (Wildman–Crippen LogP) is 3.15. The molecule has 1 saturated carbocycles. The Morgan fingerprint density at radius 3 is 2.14 bits per heavy atom. The standard InChI is InChI=1S/C23H32FN3O2/c24-20-11-5-4-10-19(20)22(28)27-16-14-25(15-17-27)21(18-8-2-3-9-18)23(29)26-12-6-1-7-13-26/h4-5,10-11,18,21H,1-3,6-9,12-17H2. The molecule has 3 aliphatic rings. The summed E-state index contributed by atoms with van der Waals surface area (Å²) in [4.78, 5) is 32.3. The number of carbonyl (C=O) groups excluding carboxylic acids is 2. The van der Waals surface area contributed by atoms with Crippen molar-refractivity contribution < 1.29 is 14.0 Å². The van der Waals surface area contributed by atoms with Gasteiger partial charge in [0.25, 0.3) is 5.91 Å². The molecule has 1 aromatic rings. The maximum atomic E-state index is 14.0. The van der Waals surface area contributed by atoms with Gasteiger partial charge in [0.1, 0.15) is 5.82 Å². The van der Waals surface area contributed by atoms with E-state index in [1.165, 1.54) is 25.3 Å². The van der Waals surface area contributed by atoms with Crippen LogP contribution in [0.2, 0.25) is 0 Å². The predicted molar refractivity (Wildman–Crippen MR) is 110 cm³/mol. The Morgan fingerprint density at radius 2 is 1.48 bits per heavy atom. The molecule has 2 heterocycles. The molecule has 1 atom stereocenters. The van der Waals surface area contributed by atoms with Gasteiger partial charge in [0.15, 0.2) is 0 Å². The molecular weight excluding hydrogens is 369 g/mol. The highest BCUT2D eigenvalue weighted by Gasteiger charge is 2.39. The van der Waals surface area contributed by atoms with Crippen LogP contribution in [-0.2, 0) is 4.79 Å². The van der Waals surface area contributed by atoms with Gasteiger partial charge in [-0.15, -0.1) is 0 Å². The van der Waals surface area contributed by atoms with Crippen molar-refractivity contribution in [2.75, 3.05) is 39.3 Å². The number of benzene rings is 1. The summed E-state index contributed by atoms with van der Waals surface area (Å²) in [5.41, 5.74) is 0.137. The van der Waals surface area contributed by atoms with E-state index in [1.54, 1.807) is 23.1 Å². The third kappa shape index (κ3) is 4.47. The minimum Gasteiger partial charge on any atom is -0.341 e. The summed E-state index contributed by atoms with van der Waals surface area (Å²) in [6.45, 7) is 4.22.